The first kappa shape index (κ1) is 15.6. The standard InChI is InChI=1S/C16H24N2O3/c1-21-15-6-4-5-14(13-15)17-8-10-18(11-9-17)16(20)7-2-3-12-19/h4-6,13,19H,2-3,7-12H2,1H3. The second-order valence-electron chi connectivity index (χ2n) is 5.25. The molecule has 0 atom stereocenters. The molecule has 0 bridgehead atoms. The van der Waals surface area contributed by atoms with Crippen molar-refractivity contribution in [2.24, 2.45) is 0 Å². The number of carbonyl (C=O) groups is 1. The highest BCUT2D eigenvalue weighted by atomic mass is 16.5. The molecule has 5 heteroatoms. The number of rotatable bonds is 6. The molecule has 1 fully saturated rings. The van der Waals surface area contributed by atoms with Gasteiger partial charge in [-0.15, -0.1) is 0 Å². The van der Waals surface area contributed by atoms with E-state index in [0.717, 1.165) is 44.0 Å². The molecule has 1 amide bonds. The average molecular weight is 292 g/mol. The molecule has 1 aromatic carbocycles. The van der Waals surface area contributed by atoms with E-state index in [1.165, 1.54) is 0 Å². The summed E-state index contributed by atoms with van der Waals surface area (Å²) in [5, 5.41) is 8.75. The fourth-order valence-electron chi connectivity index (χ4n) is 2.57. The van der Waals surface area contributed by atoms with Gasteiger partial charge in [0.2, 0.25) is 5.91 Å². The molecule has 1 heterocycles. The number of carbonyl (C=O) groups excluding carboxylic acids is 1. The summed E-state index contributed by atoms with van der Waals surface area (Å²) in [5.74, 6) is 1.06. The lowest BCUT2D eigenvalue weighted by Gasteiger charge is -2.36. The highest BCUT2D eigenvalue weighted by molar-refractivity contribution is 5.76. The van der Waals surface area contributed by atoms with Crippen LogP contribution in [-0.4, -0.2) is 55.8 Å². The maximum atomic E-state index is 12.0. The van der Waals surface area contributed by atoms with Crippen molar-refractivity contribution in [3.63, 3.8) is 0 Å². The fourth-order valence-corrected chi connectivity index (χ4v) is 2.57. The van der Waals surface area contributed by atoms with Gasteiger partial charge >= 0.3 is 0 Å². The molecule has 0 radical (unpaired) electrons. The molecule has 1 aromatic rings. The maximum absolute atomic E-state index is 12.0. The Bertz CT molecular complexity index is 457. The number of methoxy groups -OCH3 is 1. The van der Waals surface area contributed by atoms with Crippen LogP contribution in [0.2, 0.25) is 0 Å². The van der Waals surface area contributed by atoms with E-state index < -0.39 is 0 Å². The van der Waals surface area contributed by atoms with Crippen molar-refractivity contribution in [3.05, 3.63) is 24.3 Å². The molecule has 0 spiro atoms. The van der Waals surface area contributed by atoms with Gasteiger partial charge in [0.05, 0.1) is 7.11 Å². The van der Waals surface area contributed by atoms with Crippen molar-refractivity contribution in [1.82, 2.24) is 4.90 Å². The number of aliphatic hydroxyl groups excluding tert-OH is 1. The monoisotopic (exact) mass is 292 g/mol. The molecule has 5 nitrogen and oxygen atoms in total. The van der Waals surface area contributed by atoms with Crippen LogP contribution in [0.3, 0.4) is 0 Å². The van der Waals surface area contributed by atoms with Crippen molar-refractivity contribution >= 4 is 11.6 Å². The second-order valence-corrected chi connectivity index (χ2v) is 5.25. The maximum Gasteiger partial charge on any atom is 0.222 e. The SMILES string of the molecule is COc1cccc(N2CCN(C(=O)CCCCO)CC2)c1. The summed E-state index contributed by atoms with van der Waals surface area (Å²) in [4.78, 5) is 16.2. The van der Waals surface area contributed by atoms with E-state index in [1.807, 2.05) is 23.1 Å². The third-order valence-electron chi connectivity index (χ3n) is 3.85. The van der Waals surface area contributed by atoms with Crippen LogP contribution in [0.4, 0.5) is 5.69 Å². The smallest absolute Gasteiger partial charge is 0.222 e. The molecular formula is C16H24N2O3. The third kappa shape index (κ3) is 4.36. The number of ether oxygens (including phenoxy) is 1. The number of hydrogen-bond acceptors (Lipinski definition) is 4. The molecule has 1 saturated heterocycles. The summed E-state index contributed by atoms with van der Waals surface area (Å²) >= 11 is 0. The van der Waals surface area contributed by atoms with E-state index in [1.54, 1.807) is 7.11 Å². The molecule has 21 heavy (non-hydrogen) atoms. The Labute approximate surface area is 126 Å². The number of unbranched alkanes of at least 4 members (excludes halogenated alkanes) is 1. The number of hydrogen-bond donors (Lipinski definition) is 1. The minimum absolute atomic E-state index is 0.164. The number of piperazine rings is 1. The molecule has 0 saturated carbocycles. The van der Waals surface area contributed by atoms with Crippen LogP contribution in [0.15, 0.2) is 24.3 Å². The highest BCUT2D eigenvalue weighted by Crippen LogP contribution is 2.22. The van der Waals surface area contributed by atoms with Crippen LogP contribution >= 0.6 is 0 Å². The Morgan fingerprint density at radius 3 is 2.67 bits per heavy atom. The van der Waals surface area contributed by atoms with Crippen LogP contribution in [0.25, 0.3) is 0 Å². The highest BCUT2D eigenvalue weighted by Gasteiger charge is 2.20. The van der Waals surface area contributed by atoms with Crippen molar-refractivity contribution in [2.75, 3.05) is 44.8 Å². The normalized spacial score (nSPS) is 15.1. The molecule has 116 valence electrons. The molecule has 1 aliphatic rings. The summed E-state index contributed by atoms with van der Waals surface area (Å²) in [7, 11) is 1.67. The summed E-state index contributed by atoms with van der Waals surface area (Å²) in [6.45, 7) is 3.37. The molecule has 1 N–H and O–H groups in total. The van der Waals surface area contributed by atoms with Gasteiger partial charge in [0, 0.05) is 51.0 Å². The number of nitrogens with zero attached hydrogens (tertiary/aromatic N) is 2. The summed E-state index contributed by atoms with van der Waals surface area (Å²) in [5.41, 5.74) is 1.14. The van der Waals surface area contributed by atoms with Gasteiger partial charge in [0.25, 0.3) is 0 Å². The van der Waals surface area contributed by atoms with Gasteiger partial charge in [-0.25, -0.2) is 0 Å². The van der Waals surface area contributed by atoms with Gasteiger partial charge < -0.3 is 19.6 Å². The molecule has 0 aliphatic carbocycles. The van der Waals surface area contributed by atoms with Crippen LogP contribution in [0, 0.1) is 0 Å². The molecule has 0 unspecified atom stereocenters. The topological polar surface area (TPSA) is 53.0 Å². The first-order valence-corrected chi connectivity index (χ1v) is 7.52. The van der Waals surface area contributed by atoms with Crippen molar-refractivity contribution in [3.8, 4) is 5.75 Å². The zero-order chi connectivity index (χ0) is 15.1. The molecule has 1 aliphatic heterocycles. The van der Waals surface area contributed by atoms with Crippen molar-refractivity contribution in [2.45, 2.75) is 19.3 Å². The Morgan fingerprint density at radius 1 is 1.24 bits per heavy atom. The van der Waals surface area contributed by atoms with E-state index in [9.17, 15) is 4.79 Å². The number of aliphatic hydroxyl groups is 1. The fraction of sp³-hybridized carbons (Fsp3) is 0.562. The van der Waals surface area contributed by atoms with Gasteiger partial charge in [0.15, 0.2) is 0 Å². The van der Waals surface area contributed by atoms with E-state index in [-0.39, 0.29) is 12.5 Å². The average Bonchev–Trinajstić information content (AvgIpc) is 2.55. The minimum Gasteiger partial charge on any atom is -0.497 e. The predicted molar refractivity (Wildman–Crippen MR) is 82.7 cm³/mol. The summed E-state index contributed by atoms with van der Waals surface area (Å²) in [6.07, 6.45) is 2.01. The van der Waals surface area contributed by atoms with Crippen LogP contribution in [0.1, 0.15) is 19.3 Å². The Hall–Kier alpha value is -1.75. The van der Waals surface area contributed by atoms with Crippen molar-refractivity contribution in [1.29, 1.82) is 0 Å². The van der Waals surface area contributed by atoms with Crippen LogP contribution < -0.4 is 9.64 Å². The quantitative estimate of drug-likeness (QED) is 0.808. The number of benzene rings is 1. The number of anilines is 1. The lowest BCUT2D eigenvalue weighted by Crippen LogP contribution is -2.48. The van der Waals surface area contributed by atoms with E-state index >= 15 is 0 Å². The van der Waals surface area contributed by atoms with E-state index in [0.29, 0.717) is 12.8 Å². The Morgan fingerprint density at radius 2 is 2.00 bits per heavy atom. The summed E-state index contributed by atoms with van der Waals surface area (Å²) < 4.78 is 5.25. The predicted octanol–water partition coefficient (Wildman–Crippen LogP) is 1.51. The van der Waals surface area contributed by atoms with Gasteiger partial charge in [-0.3, -0.25) is 4.79 Å². The summed E-state index contributed by atoms with van der Waals surface area (Å²) in [6, 6.07) is 8.02. The zero-order valence-electron chi connectivity index (χ0n) is 12.6. The molecular weight excluding hydrogens is 268 g/mol. The largest absolute Gasteiger partial charge is 0.497 e. The van der Waals surface area contributed by atoms with Gasteiger partial charge in [-0.05, 0) is 25.0 Å². The Balaban J connectivity index is 1.83. The Kier molecular flexibility index (Phi) is 5.87. The van der Waals surface area contributed by atoms with Gasteiger partial charge in [-0.1, -0.05) is 6.07 Å². The number of amides is 1. The first-order valence-electron chi connectivity index (χ1n) is 7.52. The molecule has 0 aromatic heterocycles. The third-order valence-corrected chi connectivity index (χ3v) is 3.85. The zero-order valence-corrected chi connectivity index (χ0v) is 12.6. The van der Waals surface area contributed by atoms with E-state index in [4.69, 9.17) is 9.84 Å². The van der Waals surface area contributed by atoms with Crippen molar-refractivity contribution < 1.29 is 14.6 Å². The first-order chi connectivity index (χ1) is 10.2. The van der Waals surface area contributed by atoms with Crippen LogP contribution in [0.5, 0.6) is 5.75 Å². The lowest BCUT2D eigenvalue weighted by atomic mass is 10.2. The second kappa shape index (κ2) is 7.88. The molecule has 2 rings (SSSR count). The van der Waals surface area contributed by atoms with E-state index in [2.05, 4.69) is 11.0 Å². The van der Waals surface area contributed by atoms with Gasteiger partial charge in [-0.2, -0.15) is 0 Å². The van der Waals surface area contributed by atoms with Gasteiger partial charge in [0.1, 0.15) is 5.75 Å². The minimum atomic E-state index is 0.164. The lowest BCUT2D eigenvalue weighted by molar-refractivity contribution is -0.131. The van der Waals surface area contributed by atoms with Crippen LogP contribution in [-0.2, 0) is 4.79 Å².